The number of carbonyl (C=O) groups is 1. The van der Waals surface area contributed by atoms with Crippen LogP contribution in [-0.2, 0) is 11.3 Å². The number of aromatic nitrogens is 2. The van der Waals surface area contributed by atoms with Gasteiger partial charge in [0, 0.05) is 31.7 Å². The highest BCUT2D eigenvalue weighted by Crippen LogP contribution is 2.31. The van der Waals surface area contributed by atoms with E-state index in [9.17, 15) is 4.79 Å². The molecule has 1 amide bonds. The molecule has 0 bridgehead atoms. The zero-order valence-electron chi connectivity index (χ0n) is 16.4. The van der Waals surface area contributed by atoms with E-state index in [4.69, 9.17) is 14.0 Å². The Balaban J connectivity index is 1.14. The summed E-state index contributed by atoms with van der Waals surface area (Å²) in [6.45, 7) is 3.52. The van der Waals surface area contributed by atoms with Crippen LogP contribution >= 0.6 is 0 Å². The summed E-state index contributed by atoms with van der Waals surface area (Å²) >= 11 is 0. The number of amides is 1. The van der Waals surface area contributed by atoms with E-state index in [0.717, 1.165) is 18.7 Å². The van der Waals surface area contributed by atoms with Gasteiger partial charge in [0.25, 0.3) is 5.91 Å². The molecule has 0 aliphatic carbocycles. The van der Waals surface area contributed by atoms with E-state index in [1.54, 1.807) is 0 Å². The summed E-state index contributed by atoms with van der Waals surface area (Å²) in [4.78, 5) is 21.4. The summed E-state index contributed by atoms with van der Waals surface area (Å²) in [7, 11) is 0. The molecular weight excluding hydrogens is 384 g/mol. The first-order chi connectivity index (χ1) is 14.8. The summed E-state index contributed by atoms with van der Waals surface area (Å²) in [5, 5.41) is 4.07. The molecule has 3 aromatic rings. The summed E-state index contributed by atoms with van der Waals surface area (Å²) in [5.74, 6) is 2.43. The number of hydrogen-bond acceptors (Lipinski definition) is 7. The van der Waals surface area contributed by atoms with Crippen molar-refractivity contribution in [3.63, 3.8) is 0 Å². The van der Waals surface area contributed by atoms with Crippen LogP contribution in [0.4, 0.5) is 0 Å². The predicted octanol–water partition coefficient (Wildman–Crippen LogP) is 2.22. The summed E-state index contributed by atoms with van der Waals surface area (Å²) in [6.07, 6.45) is -0.601. The van der Waals surface area contributed by atoms with Gasteiger partial charge in [-0.1, -0.05) is 47.6 Å². The molecule has 30 heavy (non-hydrogen) atoms. The van der Waals surface area contributed by atoms with Crippen molar-refractivity contribution in [1.82, 2.24) is 19.9 Å². The Morgan fingerprint density at radius 1 is 0.967 bits per heavy atom. The number of piperazine rings is 1. The third-order valence-corrected chi connectivity index (χ3v) is 5.33. The van der Waals surface area contributed by atoms with E-state index in [0.29, 0.717) is 42.8 Å². The van der Waals surface area contributed by atoms with Gasteiger partial charge in [-0.2, -0.15) is 4.98 Å². The zero-order valence-corrected chi connectivity index (χ0v) is 16.4. The van der Waals surface area contributed by atoms with Crippen LogP contribution in [0.3, 0.4) is 0 Å². The van der Waals surface area contributed by atoms with Crippen LogP contribution in [0.2, 0.25) is 0 Å². The van der Waals surface area contributed by atoms with E-state index >= 15 is 0 Å². The van der Waals surface area contributed by atoms with Gasteiger partial charge in [0.05, 0.1) is 6.54 Å². The molecule has 2 aliphatic rings. The monoisotopic (exact) mass is 406 g/mol. The Kier molecular flexibility index (Phi) is 5.06. The smallest absolute Gasteiger partial charge is 0.267 e. The molecule has 2 aromatic carbocycles. The van der Waals surface area contributed by atoms with Crippen LogP contribution in [0.5, 0.6) is 11.5 Å². The van der Waals surface area contributed by atoms with Crippen LogP contribution in [0.15, 0.2) is 59.1 Å². The second-order valence-corrected chi connectivity index (χ2v) is 7.34. The molecule has 8 heteroatoms. The van der Waals surface area contributed by atoms with Gasteiger partial charge >= 0.3 is 0 Å². The van der Waals surface area contributed by atoms with Crippen molar-refractivity contribution in [2.75, 3.05) is 32.8 Å². The third kappa shape index (κ3) is 3.86. The van der Waals surface area contributed by atoms with Gasteiger partial charge in [-0.05, 0) is 12.1 Å². The molecule has 0 unspecified atom stereocenters. The highest BCUT2D eigenvalue weighted by Gasteiger charge is 2.32. The first-order valence-corrected chi connectivity index (χ1v) is 10.0. The van der Waals surface area contributed by atoms with Crippen molar-refractivity contribution in [3.05, 3.63) is 60.5 Å². The van der Waals surface area contributed by atoms with Crippen LogP contribution in [0, 0.1) is 0 Å². The number of ether oxygens (including phenoxy) is 2. The largest absolute Gasteiger partial charge is 0.485 e. The lowest BCUT2D eigenvalue weighted by atomic mass is 10.2. The maximum absolute atomic E-state index is 12.8. The second-order valence-electron chi connectivity index (χ2n) is 7.34. The maximum Gasteiger partial charge on any atom is 0.267 e. The van der Waals surface area contributed by atoms with Gasteiger partial charge in [-0.15, -0.1) is 0 Å². The van der Waals surface area contributed by atoms with Gasteiger partial charge in [0.2, 0.25) is 17.8 Å². The fraction of sp³-hybridized carbons (Fsp3) is 0.318. The Labute approximate surface area is 174 Å². The predicted molar refractivity (Wildman–Crippen MR) is 108 cm³/mol. The number of nitrogens with zero attached hydrogens (tertiary/aromatic N) is 4. The molecule has 3 heterocycles. The number of carbonyl (C=O) groups excluding carboxylic acids is 1. The first kappa shape index (κ1) is 18.6. The van der Waals surface area contributed by atoms with Crippen LogP contribution in [-0.4, -0.2) is 64.7 Å². The molecule has 8 nitrogen and oxygen atoms in total. The highest BCUT2D eigenvalue weighted by atomic mass is 16.6. The number of benzene rings is 2. The highest BCUT2D eigenvalue weighted by molar-refractivity contribution is 5.82. The van der Waals surface area contributed by atoms with Gasteiger partial charge in [-0.3, -0.25) is 9.69 Å². The third-order valence-electron chi connectivity index (χ3n) is 5.33. The maximum atomic E-state index is 12.8. The fourth-order valence-electron chi connectivity index (χ4n) is 3.69. The average molecular weight is 406 g/mol. The van der Waals surface area contributed by atoms with Gasteiger partial charge in [-0.25, -0.2) is 0 Å². The van der Waals surface area contributed by atoms with Gasteiger partial charge in [0.15, 0.2) is 11.5 Å². The van der Waals surface area contributed by atoms with Crippen molar-refractivity contribution < 1.29 is 18.8 Å². The quantitative estimate of drug-likeness (QED) is 0.657. The van der Waals surface area contributed by atoms with Crippen molar-refractivity contribution in [1.29, 1.82) is 0 Å². The van der Waals surface area contributed by atoms with Crippen LogP contribution in [0.1, 0.15) is 5.89 Å². The lowest BCUT2D eigenvalue weighted by molar-refractivity contribution is -0.143. The SMILES string of the molecule is O=C([C@@H]1COc2ccccc2O1)N1CCN(Cc2nc(-c3ccccc3)no2)CC1. The minimum atomic E-state index is -0.601. The molecule has 2 aliphatic heterocycles. The Morgan fingerprint density at radius 3 is 2.50 bits per heavy atom. The van der Waals surface area contributed by atoms with Crippen molar-refractivity contribution in [2.45, 2.75) is 12.6 Å². The van der Waals surface area contributed by atoms with Crippen molar-refractivity contribution in [2.24, 2.45) is 0 Å². The molecule has 1 atom stereocenters. The number of rotatable bonds is 4. The van der Waals surface area contributed by atoms with Crippen LogP contribution in [0.25, 0.3) is 11.4 Å². The molecule has 1 saturated heterocycles. The minimum Gasteiger partial charge on any atom is -0.485 e. The molecule has 0 N–H and O–H groups in total. The van der Waals surface area contributed by atoms with E-state index in [1.807, 2.05) is 59.5 Å². The fourth-order valence-corrected chi connectivity index (χ4v) is 3.69. The number of hydrogen-bond donors (Lipinski definition) is 0. The van der Waals surface area contributed by atoms with E-state index in [2.05, 4.69) is 15.0 Å². The second kappa shape index (κ2) is 8.16. The number of para-hydroxylation sites is 2. The summed E-state index contributed by atoms with van der Waals surface area (Å²) < 4.78 is 16.9. The van der Waals surface area contributed by atoms with E-state index < -0.39 is 6.10 Å². The molecule has 1 fully saturated rings. The minimum absolute atomic E-state index is 0.0340. The lowest BCUT2D eigenvalue weighted by Gasteiger charge is -2.36. The molecule has 154 valence electrons. The summed E-state index contributed by atoms with van der Waals surface area (Å²) in [6, 6.07) is 17.2. The Bertz CT molecular complexity index is 1010. The first-order valence-electron chi connectivity index (χ1n) is 10.0. The normalized spacial score (nSPS) is 18.9. The molecule has 0 spiro atoms. The molecule has 1 aromatic heterocycles. The Morgan fingerprint density at radius 2 is 1.70 bits per heavy atom. The number of fused-ring (bicyclic) bond motifs is 1. The molecule has 0 radical (unpaired) electrons. The zero-order chi connectivity index (χ0) is 20.3. The van der Waals surface area contributed by atoms with Crippen molar-refractivity contribution in [3.8, 4) is 22.9 Å². The van der Waals surface area contributed by atoms with E-state index in [-0.39, 0.29) is 12.5 Å². The molecule has 5 rings (SSSR count). The Hall–Kier alpha value is -3.39. The van der Waals surface area contributed by atoms with Crippen LogP contribution < -0.4 is 9.47 Å². The van der Waals surface area contributed by atoms with Gasteiger partial charge in [0.1, 0.15) is 6.61 Å². The van der Waals surface area contributed by atoms with Gasteiger partial charge < -0.3 is 18.9 Å². The average Bonchev–Trinajstić information content (AvgIpc) is 3.28. The van der Waals surface area contributed by atoms with Crippen molar-refractivity contribution >= 4 is 5.91 Å². The molecular formula is C22H22N4O4. The standard InChI is InChI=1S/C22H22N4O4/c27-22(19-15-28-17-8-4-5-9-18(17)29-19)26-12-10-25(11-13-26)14-20-23-21(24-30-20)16-6-2-1-3-7-16/h1-9,19H,10-15H2/t19-/m0/s1. The lowest BCUT2D eigenvalue weighted by Crippen LogP contribution is -2.53. The van der Waals surface area contributed by atoms with E-state index in [1.165, 1.54) is 0 Å². The molecule has 0 saturated carbocycles. The topological polar surface area (TPSA) is 80.9 Å². The summed E-state index contributed by atoms with van der Waals surface area (Å²) in [5.41, 5.74) is 0.930.